The summed E-state index contributed by atoms with van der Waals surface area (Å²) in [5.74, 6) is 0. The molecule has 3 nitrogen and oxygen atoms in total. The summed E-state index contributed by atoms with van der Waals surface area (Å²) >= 11 is 0. The molecule has 15 heavy (non-hydrogen) atoms. The molecule has 88 valence electrons. The van der Waals surface area contributed by atoms with E-state index in [9.17, 15) is 0 Å². The summed E-state index contributed by atoms with van der Waals surface area (Å²) in [6, 6.07) is 0. The van der Waals surface area contributed by atoms with Gasteiger partial charge in [-0.25, -0.2) is 4.84 Å². The van der Waals surface area contributed by atoms with Crippen molar-refractivity contribution in [2.24, 2.45) is 0 Å². The lowest BCUT2D eigenvalue weighted by Gasteiger charge is -2.31. The summed E-state index contributed by atoms with van der Waals surface area (Å²) < 4.78 is 6.07. The molecule has 0 aromatic rings. The molecule has 0 aromatic heterocycles. The lowest BCUT2D eigenvalue weighted by molar-refractivity contribution is -0.949. The van der Waals surface area contributed by atoms with Crippen molar-refractivity contribution in [1.29, 1.82) is 0 Å². The fourth-order valence-electron chi connectivity index (χ4n) is 1.13. The third-order valence-electron chi connectivity index (χ3n) is 3.32. The van der Waals surface area contributed by atoms with E-state index in [1.165, 1.54) is 5.71 Å². The molecule has 1 heterocycles. The van der Waals surface area contributed by atoms with Crippen LogP contribution >= 0.6 is 0 Å². The minimum atomic E-state index is -1.75. The normalized spacial score (nSPS) is 18.8. The zero-order valence-corrected chi connectivity index (χ0v) is 11.9. The van der Waals surface area contributed by atoms with E-state index in [1.807, 2.05) is 0 Å². The standard InChI is InChI=1S/C11H24NO2Si/c1-10-8-7-9-13-12(10)14-15(5,6)11(2,3)4/h7-9H2,1-6H3/q+1. The fourth-order valence-corrected chi connectivity index (χ4v) is 2.02. The molecule has 0 atom stereocenters. The Morgan fingerprint density at radius 3 is 2.40 bits per heavy atom. The van der Waals surface area contributed by atoms with E-state index in [1.54, 1.807) is 4.90 Å². The van der Waals surface area contributed by atoms with Gasteiger partial charge < -0.3 is 4.53 Å². The number of hydrogen-bond donors (Lipinski definition) is 0. The van der Waals surface area contributed by atoms with Crippen LogP contribution in [-0.4, -0.2) is 25.5 Å². The average Bonchev–Trinajstić information content (AvgIpc) is 2.06. The highest BCUT2D eigenvalue weighted by atomic mass is 28.4. The molecule has 0 radical (unpaired) electrons. The van der Waals surface area contributed by atoms with Crippen molar-refractivity contribution in [3.8, 4) is 0 Å². The second-order valence-corrected chi connectivity index (χ2v) is 10.5. The quantitative estimate of drug-likeness (QED) is 0.680. The largest absolute Gasteiger partial charge is 0.351 e. The molecule has 0 unspecified atom stereocenters. The van der Waals surface area contributed by atoms with Crippen molar-refractivity contribution in [2.75, 3.05) is 6.61 Å². The summed E-state index contributed by atoms with van der Waals surface area (Å²) in [5, 5.41) is 0.216. The second-order valence-electron chi connectivity index (χ2n) is 5.78. The topological polar surface area (TPSA) is 21.5 Å². The highest BCUT2D eigenvalue weighted by molar-refractivity contribution is 6.73. The van der Waals surface area contributed by atoms with Gasteiger partial charge in [0.25, 0.3) is 5.71 Å². The van der Waals surface area contributed by atoms with Crippen LogP contribution in [0.2, 0.25) is 18.1 Å². The van der Waals surface area contributed by atoms with Gasteiger partial charge in [-0.3, -0.25) is 0 Å². The number of hydrogen-bond acceptors (Lipinski definition) is 2. The van der Waals surface area contributed by atoms with Gasteiger partial charge in [0.15, 0.2) is 11.5 Å². The molecule has 0 fully saturated rings. The van der Waals surface area contributed by atoms with Crippen molar-refractivity contribution < 1.29 is 14.3 Å². The average molecular weight is 230 g/mol. The minimum absolute atomic E-state index is 0.216. The molecule has 1 aliphatic rings. The first kappa shape index (κ1) is 12.6. The Balaban J connectivity index is 2.77. The molecule has 0 spiro atoms. The zero-order chi connectivity index (χ0) is 11.7. The van der Waals surface area contributed by atoms with Crippen molar-refractivity contribution >= 4 is 14.0 Å². The summed E-state index contributed by atoms with van der Waals surface area (Å²) in [5.41, 5.74) is 1.19. The van der Waals surface area contributed by atoms with Crippen LogP contribution in [0.1, 0.15) is 40.5 Å². The Bertz CT molecular complexity index is 266. The van der Waals surface area contributed by atoms with Crippen molar-refractivity contribution in [3.05, 3.63) is 0 Å². The lowest BCUT2D eigenvalue weighted by atomic mass is 10.2. The van der Waals surface area contributed by atoms with Gasteiger partial charge in [0, 0.05) is 13.3 Å². The highest BCUT2D eigenvalue weighted by Gasteiger charge is 2.46. The van der Waals surface area contributed by atoms with Gasteiger partial charge in [0.05, 0.1) is 0 Å². The Morgan fingerprint density at radius 2 is 1.93 bits per heavy atom. The van der Waals surface area contributed by atoms with Crippen LogP contribution in [0.5, 0.6) is 0 Å². The first-order valence-corrected chi connectivity index (χ1v) is 8.59. The molecule has 0 saturated heterocycles. The van der Waals surface area contributed by atoms with Crippen LogP contribution in [0.15, 0.2) is 0 Å². The molecule has 0 bridgehead atoms. The monoisotopic (exact) mass is 230 g/mol. The van der Waals surface area contributed by atoms with Crippen LogP contribution in [0.25, 0.3) is 0 Å². The molecule has 0 amide bonds. The molecular formula is C11H24NO2Si+. The number of nitrogens with zero attached hydrogens (tertiary/aromatic N) is 1. The van der Waals surface area contributed by atoms with Crippen molar-refractivity contribution in [2.45, 2.75) is 58.7 Å². The van der Waals surface area contributed by atoms with E-state index in [4.69, 9.17) is 9.36 Å². The summed E-state index contributed by atoms with van der Waals surface area (Å²) in [6.07, 6.45) is 2.18. The Hall–Kier alpha value is -0.513. The summed E-state index contributed by atoms with van der Waals surface area (Å²) in [6.45, 7) is 14.0. The van der Waals surface area contributed by atoms with Gasteiger partial charge in [-0.05, 0) is 24.6 Å². The Kier molecular flexibility index (Phi) is 3.48. The van der Waals surface area contributed by atoms with Gasteiger partial charge in [-0.1, -0.05) is 20.8 Å². The molecule has 1 rings (SSSR count). The van der Waals surface area contributed by atoms with E-state index in [-0.39, 0.29) is 5.04 Å². The molecule has 0 aromatic carbocycles. The SMILES string of the molecule is CC1=[N+](O[Si](C)(C)C(C)(C)C)OCCC1. The summed E-state index contributed by atoms with van der Waals surface area (Å²) in [4.78, 5) is 7.20. The van der Waals surface area contributed by atoms with E-state index in [2.05, 4.69) is 40.8 Å². The van der Waals surface area contributed by atoms with Gasteiger partial charge in [-0.15, -0.1) is 0 Å². The van der Waals surface area contributed by atoms with E-state index in [0.717, 1.165) is 19.4 Å². The molecule has 0 saturated carbocycles. The van der Waals surface area contributed by atoms with Gasteiger partial charge in [0.2, 0.25) is 0 Å². The maximum atomic E-state index is 6.07. The first-order chi connectivity index (χ1) is 6.74. The number of rotatable bonds is 2. The maximum Gasteiger partial charge on any atom is 0.351 e. The van der Waals surface area contributed by atoms with Gasteiger partial charge in [0.1, 0.15) is 0 Å². The zero-order valence-electron chi connectivity index (χ0n) is 10.9. The van der Waals surface area contributed by atoms with Gasteiger partial charge in [-0.2, -0.15) is 0 Å². The van der Waals surface area contributed by atoms with Crippen LogP contribution in [0.4, 0.5) is 0 Å². The summed E-state index contributed by atoms with van der Waals surface area (Å²) in [7, 11) is -1.75. The van der Waals surface area contributed by atoms with Gasteiger partial charge >= 0.3 is 8.32 Å². The smallest absolute Gasteiger partial charge is 0.305 e. The second kappa shape index (κ2) is 4.16. The van der Waals surface area contributed by atoms with E-state index >= 15 is 0 Å². The van der Waals surface area contributed by atoms with E-state index < -0.39 is 8.32 Å². The molecule has 4 heteroatoms. The molecule has 0 aliphatic carbocycles. The third kappa shape index (κ3) is 2.97. The fraction of sp³-hybridized carbons (Fsp3) is 0.909. The maximum absolute atomic E-state index is 6.07. The molecular weight excluding hydrogens is 206 g/mol. The highest BCUT2D eigenvalue weighted by Crippen LogP contribution is 2.36. The predicted octanol–water partition coefficient (Wildman–Crippen LogP) is 3.12. The molecule has 1 aliphatic heterocycles. The van der Waals surface area contributed by atoms with Crippen LogP contribution in [0.3, 0.4) is 0 Å². The predicted molar refractivity (Wildman–Crippen MR) is 64.4 cm³/mol. The van der Waals surface area contributed by atoms with E-state index in [0.29, 0.717) is 0 Å². The minimum Gasteiger partial charge on any atom is -0.305 e. The lowest BCUT2D eigenvalue weighted by Crippen LogP contribution is -2.45. The van der Waals surface area contributed by atoms with Crippen molar-refractivity contribution in [3.63, 3.8) is 0 Å². The van der Waals surface area contributed by atoms with Crippen LogP contribution in [0, 0.1) is 0 Å². The Labute approximate surface area is 94.1 Å². The third-order valence-corrected chi connectivity index (χ3v) is 7.56. The Morgan fingerprint density at radius 1 is 1.33 bits per heavy atom. The molecule has 0 N–H and O–H groups in total. The first-order valence-electron chi connectivity index (χ1n) is 5.69. The van der Waals surface area contributed by atoms with Crippen LogP contribution < -0.4 is 0 Å². The van der Waals surface area contributed by atoms with Crippen LogP contribution in [-0.2, 0) is 9.36 Å². The van der Waals surface area contributed by atoms with Crippen molar-refractivity contribution in [1.82, 2.24) is 0 Å².